The van der Waals surface area contributed by atoms with Crippen molar-refractivity contribution in [3.05, 3.63) is 58.6 Å². The van der Waals surface area contributed by atoms with Crippen molar-refractivity contribution in [2.45, 2.75) is 36.6 Å². The Kier molecular flexibility index (Phi) is 7.61. The molecule has 11 heteroatoms. The van der Waals surface area contributed by atoms with Crippen molar-refractivity contribution < 1.29 is 18.0 Å². The zero-order valence-corrected chi connectivity index (χ0v) is 21.7. The summed E-state index contributed by atoms with van der Waals surface area (Å²) in [6.45, 7) is 3.00. The van der Waals surface area contributed by atoms with Crippen LogP contribution in [0.15, 0.2) is 53.4 Å². The Morgan fingerprint density at radius 1 is 1.09 bits per heavy atom. The summed E-state index contributed by atoms with van der Waals surface area (Å²) >= 11 is 12.2. The minimum absolute atomic E-state index is 0.0376. The fourth-order valence-electron chi connectivity index (χ4n) is 4.73. The van der Waals surface area contributed by atoms with Crippen LogP contribution in [0, 0.1) is 0 Å². The number of nitrogens with one attached hydrogen (secondary N) is 1. The van der Waals surface area contributed by atoms with Gasteiger partial charge in [0.25, 0.3) is 0 Å². The van der Waals surface area contributed by atoms with Crippen molar-refractivity contribution in [3.63, 3.8) is 0 Å². The number of halogens is 2. The second kappa shape index (κ2) is 10.3. The predicted molar refractivity (Wildman–Crippen MR) is 136 cm³/mol. The molecule has 1 spiro atoms. The quantitative estimate of drug-likeness (QED) is 0.583. The number of carbonyl (C=O) groups is 2. The standard InChI is InChI=1S/C24H28Cl2N4O4S/c1-2-12-27-22(31)16-28-17-30(19-6-4-3-5-7-19)24(23(28)32)10-13-29(14-11-24)35(33,34)21-15-18(25)8-9-20(21)26/h3-9,15H,2,10-14,16-17H2,1H3,(H,27,31). The van der Waals surface area contributed by atoms with E-state index in [1.165, 1.54) is 22.5 Å². The Bertz CT molecular complexity index is 1200. The van der Waals surface area contributed by atoms with Crippen LogP contribution in [0.1, 0.15) is 26.2 Å². The van der Waals surface area contributed by atoms with Crippen LogP contribution in [0.4, 0.5) is 5.69 Å². The van der Waals surface area contributed by atoms with Crippen LogP contribution in [-0.4, -0.2) is 67.8 Å². The van der Waals surface area contributed by atoms with Gasteiger partial charge in [-0.3, -0.25) is 9.59 Å². The first-order chi connectivity index (χ1) is 16.7. The van der Waals surface area contributed by atoms with Crippen LogP contribution < -0.4 is 10.2 Å². The van der Waals surface area contributed by atoms with E-state index in [2.05, 4.69) is 5.32 Å². The van der Waals surface area contributed by atoms with E-state index in [4.69, 9.17) is 23.2 Å². The van der Waals surface area contributed by atoms with Crippen molar-refractivity contribution in [3.8, 4) is 0 Å². The molecule has 1 N–H and O–H groups in total. The van der Waals surface area contributed by atoms with Gasteiger partial charge in [-0.15, -0.1) is 0 Å². The Balaban J connectivity index is 1.59. The SMILES string of the molecule is CCCNC(=O)CN1CN(c2ccccc2)C2(CCN(S(=O)(=O)c3cc(Cl)ccc3Cl)CC2)C1=O. The van der Waals surface area contributed by atoms with E-state index in [0.29, 0.717) is 6.54 Å². The number of hydrogen-bond donors (Lipinski definition) is 1. The molecule has 0 atom stereocenters. The maximum Gasteiger partial charge on any atom is 0.250 e. The van der Waals surface area contributed by atoms with Crippen LogP contribution in [-0.2, 0) is 19.6 Å². The fraction of sp³-hybridized carbons (Fsp3) is 0.417. The van der Waals surface area contributed by atoms with Gasteiger partial charge in [0.05, 0.1) is 11.7 Å². The van der Waals surface area contributed by atoms with Gasteiger partial charge in [-0.25, -0.2) is 8.42 Å². The number of amides is 2. The lowest BCUT2D eigenvalue weighted by atomic mass is 9.86. The molecule has 0 radical (unpaired) electrons. The van der Waals surface area contributed by atoms with Gasteiger partial charge >= 0.3 is 0 Å². The summed E-state index contributed by atoms with van der Waals surface area (Å²) in [5, 5.41) is 3.19. The number of sulfonamides is 1. The molecule has 0 unspecified atom stereocenters. The lowest BCUT2D eigenvalue weighted by molar-refractivity contribution is -0.137. The minimum Gasteiger partial charge on any atom is -0.355 e. The molecule has 2 fully saturated rings. The molecule has 4 rings (SSSR count). The molecule has 188 valence electrons. The number of piperidine rings is 1. The molecule has 2 saturated heterocycles. The summed E-state index contributed by atoms with van der Waals surface area (Å²) in [5.41, 5.74) is -0.0807. The number of hydrogen-bond acceptors (Lipinski definition) is 5. The highest BCUT2D eigenvalue weighted by molar-refractivity contribution is 7.89. The molecule has 2 aliphatic rings. The molecular weight excluding hydrogens is 511 g/mol. The molecule has 2 aromatic rings. The topological polar surface area (TPSA) is 90.0 Å². The first kappa shape index (κ1) is 25.8. The summed E-state index contributed by atoms with van der Waals surface area (Å²) in [5.74, 6) is -0.369. The number of para-hydroxylation sites is 1. The zero-order valence-electron chi connectivity index (χ0n) is 19.4. The van der Waals surface area contributed by atoms with Gasteiger partial charge in [-0.1, -0.05) is 48.3 Å². The first-order valence-corrected chi connectivity index (χ1v) is 13.7. The molecule has 0 bridgehead atoms. The normalized spacial score (nSPS) is 18.3. The third-order valence-electron chi connectivity index (χ3n) is 6.55. The van der Waals surface area contributed by atoms with Crippen molar-refractivity contribution in [2.75, 3.05) is 37.7 Å². The van der Waals surface area contributed by atoms with Crippen molar-refractivity contribution in [1.82, 2.24) is 14.5 Å². The largest absolute Gasteiger partial charge is 0.355 e. The average Bonchev–Trinajstić information content (AvgIpc) is 3.11. The molecule has 0 saturated carbocycles. The number of anilines is 1. The van der Waals surface area contributed by atoms with Gasteiger partial charge in [0.2, 0.25) is 21.8 Å². The first-order valence-electron chi connectivity index (χ1n) is 11.5. The summed E-state index contributed by atoms with van der Waals surface area (Å²) in [6, 6.07) is 13.9. The Morgan fingerprint density at radius 3 is 2.43 bits per heavy atom. The Hall–Kier alpha value is -2.33. The van der Waals surface area contributed by atoms with Gasteiger partial charge in [0, 0.05) is 30.3 Å². The van der Waals surface area contributed by atoms with Crippen molar-refractivity contribution >= 4 is 50.7 Å². The molecule has 2 aromatic carbocycles. The smallest absolute Gasteiger partial charge is 0.250 e. The highest BCUT2D eigenvalue weighted by Gasteiger charge is 2.55. The summed E-state index contributed by atoms with van der Waals surface area (Å²) in [4.78, 5) is 29.6. The molecule has 2 heterocycles. The number of carbonyl (C=O) groups excluding carboxylic acids is 2. The van der Waals surface area contributed by atoms with Crippen LogP contribution in [0.2, 0.25) is 10.0 Å². The van der Waals surface area contributed by atoms with Gasteiger partial charge in [0.15, 0.2) is 0 Å². The highest BCUT2D eigenvalue weighted by atomic mass is 35.5. The Labute approximate surface area is 215 Å². The van der Waals surface area contributed by atoms with E-state index in [-0.39, 0.29) is 65.9 Å². The number of rotatable bonds is 7. The predicted octanol–water partition coefficient (Wildman–Crippen LogP) is 3.35. The van der Waals surface area contributed by atoms with E-state index in [9.17, 15) is 18.0 Å². The molecule has 8 nitrogen and oxygen atoms in total. The van der Waals surface area contributed by atoms with E-state index in [0.717, 1.165) is 12.1 Å². The van der Waals surface area contributed by atoms with Crippen LogP contribution in [0.3, 0.4) is 0 Å². The monoisotopic (exact) mass is 538 g/mol. The summed E-state index contributed by atoms with van der Waals surface area (Å²) in [7, 11) is -3.89. The van der Waals surface area contributed by atoms with Gasteiger partial charge in [0.1, 0.15) is 17.0 Å². The van der Waals surface area contributed by atoms with E-state index >= 15 is 0 Å². The van der Waals surface area contributed by atoms with Gasteiger partial charge < -0.3 is 15.1 Å². The fourth-order valence-corrected chi connectivity index (χ4v) is 6.91. The van der Waals surface area contributed by atoms with Crippen LogP contribution in [0.25, 0.3) is 0 Å². The zero-order chi connectivity index (χ0) is 25.2. The van der Waals surface area contributed by atoms with Gasteiger partial charge in [-0.2, -0.15) is 4.31 Å². The molecule has 2 aliphatic heterocycles. The molecule has 0 aliphatic carbocycles. The molecule has 0 aromatic heterocycles. The summed E-state index contributed by atoms with van der Waals surface area (Å²) in [6.07, 6.45) is 1.37. The third kappa shape index (κ3) is 5.00. The third-order valence-corrected chi connectivity index (χ3v) is 9.16. The van der Waals surface area contributed by atoms with Gasteiger partial charge in [-0.05, 0) is 49.6 Å². The van der Waals surface area contributed by atoms with Crippen molar-refractivity contribution in [1.29, 1.82) is 0 Å². The maximum atomic E-state index is 13.7. The van der Waals surface area contributed by atoms with Crippen molar-refractivity contribution in [2.24, 2.45) is 0 Å². The number of benzene rings is 2. The molecule has 2 amide bonds. The van der Waals surface area contributed by atoms with E-state index in [1.807, 2.05) is 42.2 Å². The number of nitrogens with zero attached hydrogens (tertiary/aromatic N) is 3. The average molecular weight is 539 g/mol. The highest BCUT2D eigenvalue weighted by Crippen LogP contribution is 2.41. The van der Waals surface area contributed by atoms with Crippen LogP contribution >= 0.6 is 23.2 Å². The lowest BCUT2D eigenvalue weighted by Gasteiger charge is -2.42. The van der Waals surface area contributed by atoms with E-state index < -0.39 is 15.6 Å². The summed E-state index contributed by atoms with van der Waals surface area (Å²) < 4.78 is 28.0. The maximum absolute atomic E-state index is 13.7. The second-order valence-corrected chi connectivity index (χ2v) is 11.5. The lowest BCUT2D eigenvalue weighted by Crippen LogP contribution is -2.57. The molecular formula is C24H28Cl2N4O4S. The van der Waals surface area contributed by atoms with E-state index in [1.54, 1.807) is 4.90 Å². The second-order valence-electron chi connectivity index (χ2n) is 8.77. The minimum atomic E-state index is -3.89. The Morgan fingerprint density at radius 2 is 1.77 bits per heavy atom. The molecule has 35 heavy (non-hydrogen) atoms. The van der Waals surface area contributed by atoms with Crippen LogP contribution in [0.5, 0.6) is 0 Å².